The SMILES string of the molecule is CC1CCCC(C)N1CCCC(C)(N)C#N. The van der Waals surface area contributed by atoms with Crippen LogP contribution in [-0.2, 0) is 0 Å². The van der Waals surface area contributed by atoms with Gasteiger partial charge in [-0.1, -0.05) is 6.42 Å². The molecular weight excluding hydrogens is 198 g/mol. The quantitative estimate of drug-likeness (QED) is 0.795. The maximum atomic E-state index is 8.85. The molecule has 0 spiro atoms. The standard InChI is InChI=1S/C13H25N3/c1-11-6-4-7-12(2)16(11)9-5-8-13(3,15)10-14/h11-12H,4-9,15H2,1-3H3. The van der Waals surface area contributed by atoms with Crippen LogP contribution in [0.25, 0.3) is 0 Å². The molecule has 0 bridgehead atoms. The Labute approximate surface area is 99.6 Å². The summed E-state index contributed by atoms with van der Waals surface area (Å²) in [7, 11) is 0. The number of nitrogens with zero attached hydrogens (tertiary/aromatic N) is 2. The molecule has 0 aromatic carbocycles. The molecule has 1 heterocycles. The maximum Gasteiger partial charge on any atom is 0.101 e. The number of rotatable bonds is 4. The van der Waals surface area contributed by atoms with Crippen molar-refractivity contribution in [2.45, 2.75) is 70.5 Å². The van der Waals surface area contributed by atoms with E-state index >= 15 is 0 Å². The van der Waals surface area contributed by atoms with Crippen molar-refractivity contribution in [3.05, 3.63) is 0 Å². The van der Waals surface area contributed by atoms with Crippen molar-refractivity contribution in [1.29, 1.82) is 5.26 Å². The highest BCUT2D eigenvalue weighted by Gasteiger charge is 2.25. The number of hydrogen-bond acceptors (Lipinski definition) is 3. The Morgan fingerprint density at radius 1 is 1.38 bits per heavy atom. The molecule has 0 aliphatic carbocycles. The molecule has 0 amide bonds. The molecule has 3 atom stereocenters. The van der Waals surface area contributed by atoms with Crippen LogP contribution in [0.2, 0.25) is 0 Å². The summed E-state index contributed by atoms with van der Waals surface area (Å²) in [6.45, 7) is 7.51. The summed E-state index contributed by atoms with van der Waals surface area (Å²) < 4.78 is 0. The van der Waals surface area contributed by atoms with Gasteiger partial charge in [-0.25, -0.2) is 0 Å². The van der Waals surface area contributed by atoms with Gasteiger partial charge in [-0.15, -0.1) is 0 Å². The third-order valence-corrected chi connectivity index (χ3v) is 3.74. The molecule has 1 saturated heterocycles. The molecule has 1 aliphatic heterocycles. The van der Waals surface area contributed by atoms with Gasteiger partial charge in [0, 0.05) is 12.1 Å². The van der Waals surface area contributed by atoms with Crippen molar-refractivity contribution in [2.75, 3.05) is 6.54 Å². The Morgan fingerprint density at radius 2 is 1.94 bits per heavy atom. The number of piperidine rings is 1. The van der Waals surface area contributed by atoms with E-state index in [-0.39, 0.29) is 0 Å². The second-order valence-electron chi connectivity index (χ2n) is 5.50. The molecule has 3 nitrogen and oxygen atoms in total. The van der Waals surface area contributed by atoms with E-state index in [0.717, 1.165) is 19.4 Å². The molecule has 0 saturated carbocycles. The third kappa shape index (κ3) is 3.77. The van der Waals surface area contributed by atoms with Crippen molar-refractivity contribution in [3.63, 3.8) is 0 Å². The van der Waals surface area contributed by atoms with E-state index in [1.165, 1.54) is 19.3 Å². The van der Waals surface area contributed by atoms with Gasteiger partial charge in [0.1, 0.15) is 5.54 Å². The number of nitrogens with two attached hydrogens (primary N) is 1. The fourth-order valence-corrected chi connectivity index (χ4v) is 2.60. The summed E-state index contributed by atoms with van der Waals surface area (Å²) in [6, 6.07) is 3.54. The van der Waals surface area contributed by atoms with Crippen molar-refractivity contribution < 1.29 is 0 Å². The zero-order chi connectivity index (χ0) is 12.2. The molecule has 92 valence electrons. The highest BCUT2D eigenvalue weighted by Crippen LogP contribution is 2.23. The molecule has 1 rings (SSSR count). The topological polar surface area (TPSA) is 53.0 Å². The first-order valence-electron chi connectivity index (χ1n) is 6.42. The van der Waals surface area contributed by atoms with Crippen molar-refractivity contribution in [2.24, 2.45) is 5.73 Å². The zero-order valence-electron chi connectivity index (χ0n) is 10.9. The van der Waals surface area contributed by atoms with Gasteiger partial charge in [0.15, 0.2) is 0 Å². The van der Waals surface area contributed by atoms with E-state index in [0.29, 0.717) is 12.1 Å². The number of nitriles is 1. The van der Waals surface area contributed by atoms with Gasteiger partial charge in [0.05, 0.1) is 6.07 Å². The Hall–Kier alpha value is -0.590. The van der Waals surface area contributed by atoms with E-state index in [4.69, 9.17) is 11.0 Å². The summed E-state index contributed by atoms with van der Waals surface area (Å²) in [5, 5.41) is 8.85. The minimum atomic E-state index is -0.651. The lowest BCUT2D eigenvalue weighted by Gasteiger charge is -2.39. The highest BCUT2D eigenvalue weighted by molar-refractivity contribution is 5.00. The van der Waals surface area contributed by atoms with Gasteiger partial charge >= 0.3 is 0 Å². The van der Waals surface area contributed by atoms with Gasteiger partial charge in [-0.05, 0) is 53.0 Å². The molecule has 3 heteroatoms. The fraction of sp³-hybridized carbons (Fsp3) is 0.923. The van der Waals surface area contributed by atoms with Crippen LogP contribution >= 0.6 is 0 Å². The van der Waals surface area contributed by atoms with Crippen LogP contribution in [0.1, 0.15) is 52.9 Å². The zero-order valence-corrected chi connectivity index (χ0v) is 10.9. The predicted octanol–water partition coefficient (Wildman–Crippen LogP) is 2.27. The monoisotopic (exact) mass is 223 g/mol. The summed E-state index contributed by atoms with van der Waals surface area (Å²) in [5.41, 5.74) is 5.17. The van der Waals surface area contributed by atoms with Crippen LogP contribution in [0.4, 0.5) is 0 Å². The Kier molecular flexibility index (Phi) is 4.76. The fourth-order valence-electron chi connectivity index (χ4n) is 2.60. The summed E-state index contributed by atoms with van der Waals surface area (Å²) in [5.74, 6) is 0. The first-order valence-corrected chi connectivity index (χ1v) is 6.42. The van der Waals surface area contributed by atoms with E-state index in [9.17, 15) is 0 Å². The first-order chi connectivity index (χ1) is 7.46. The smallest absolute Gasteiger partial charge is 0.101 e. The lowest BCUT2D eigenvalue weighted by molar-refractivity contribution is 0.100. The van der Waals surface area contributed by atoms with Crippen molar-refractivity contribution in [3.8, 4) is 6.07 Å². The Bertz CT molecular complexity index is 244. The minimum Gasteiger partial charge on any atom is -0.314 e. The maximum absolute atomic E-state index is 8.85. The van der Waals surface area contributed by atoms with Crippen LogP contribution in [0.5, 0.6) is 0 Å². The van der Waals surface area contributed by atoms with Crippen LogP contribution in [0, 0.1) is 11.3 Å². The first kappa shape index (κ1) is 13.5. The van der Waals surface area contributed by atoms with E-state index in [2.05, 4.69) is 24.8 Å². The van der Waals surface area contributed by atoms with E-state index < -0.39 is 5.54 Å². The van der Waals surface area contributed by atoms with Crippen molar-refractivity contribution in [1.82, 2.24) is 4.90 Å². The molecule has 1 aliphatic rings. The summed E-state index contributed by atoms with van der Waals surface area (Å²) in [6.07, 6.45) is 5.78. The molecule has 3 unspecified atom stereocenters. The molecule has 1 fully saturated rings. The average Bonchev–Trinajstić information content (AvgIpc) is 2.22. The van der Waals surface area contributed by atoms with Crippen LogP contribution in [0.3, 0.4) is 0 Å². The number of hydrogen-bond donors (Lipinski definition) is 1. The van der Waals surface area contributed by atoms with Gasteiger partial charge in [-0.2, -0.15) is 5.26 Å². The third-order valence-electron chi connectivity index (χ3n) is 3.74. The van der Waals surface area contributed by atoms with E-state index in [1.807, 2.05) is 6.92 Å². The molecule has 2 N–H and O–H groups in total. The van der Waals surface area contributed by atoms with Gasteiger partial charge in [0.25, 0.3) is 0 Å². The Balaban J connectivity index is 2.34. The van der Waals surface area contributed by atoms with E-state index in [1.54, 1.807) is 0 Å². The lowest BCUT2D eigenvalue weighted by Crippen LogP contribution is -2.45. The number of likely N-dealkylation sites (tertiary alicyclic amines) is 1. The van der Waals surface area contributed by atoms with Crippen molar-refractivity contribution >= 4 is 0 Å². The van der Waals surface area contributed by atoms with Crippen LogP contribution in [0.15, 0.2) is 0 Å². The van der Waals surface area contributed by atoms with Crippen LogP contribution < -0.4 is 5.73 Å². The molecule has 0 aromatic rings. The summed E-state index contributed by atoms with van der Waals surface area (Å²) in [4.78, 5) is 2.57. The largest absolute Gasteiger partial charge is 0.314 e. The second kappa shape index (κ2) is 5.65. The molecular formula is C13H25N3. The summed E-state index contributed by atoms with van der Waals surface area (Å²) >= 11 is 0. The normalized spacial score (nSPS) is 30.7. The molecule has 0 radical (unpaired) electrons. The average molecular weight is 223 g/mol. The van der Waals surface area contributed by atoms with Gasteiger partial charge in [-0.3, -0.25) is 4.90 Å². The Morgan fingerprint density at radius 3 is 2.44 bits per heavy atom. The van der Waals surface area contributed by atoms with Gasteiger partial charge in [0.2, 0.25) is 0 Å². The van der Waals surface area contributed by atoms with Crippen LogP contribution in [-0.4, -0.2) is 29.1 Å². The molecule has 16 heavy (non-hydrogen) atoms. The lowest BCUT2D eigenvalue weighted by atomic mass is 9.95. The minimum absolute atomic E-state index is 0.651. The highest BCUT2D eigenvalue weighted by atomic mass is 15.2. The van der Waals surface area contributed by atoms with Gasteiger partial charge < -0.3 is 5.73 Å². The second-order valence-corrected chi connectivity index (χ2v) is 5.50. The molecule has 0 aromatic heterocycles. The predicted molar refractivity (Wildman–Crippen MR) is 66.9 cm³/mol.